The topological polar surface area (TPSA) is 29.5 Å². The monoisotopic (exact) mass is 159 g/mol. The molecule has 3 heteroatoms. The van der Waals surface area contributed by atoms with Gasteiger partial charge in [-0.1, -0.05) is 6.92 Å². The van der Waals surface area contributed by atoms with Gasteiger partial charge in [0.1, 0.15) is 6.04 Å². The van der Waals surface area contributed by atoms with Crippen molar-refractivity contribution in [1.82, 2.24) is 4.90 Å². The van der Waals surface area contributed by atoms with E-state index in [4.69, 9.17) is 4.74 Å². The Labute approximate surface area is 68.3 Å². The molecule has 0 radical (unpaired) electrons. The third-order valence-electron chi connectivity index (χ3n) is 1.57. The van der Waals surface area contributed by atoms with Crippen LogP contribution in [0.2, 0.25) is 0 Å². The number of carbonyl (C=O) groups is 1. The summed E-state index contributed by atoms with van der Waals surface area (Å²) in [4.78, 5) is 13.0. The Balaban J connectivity index is 3.92. The number of rotatable bonds is 4. The first kappa shape index (κ1) is 10.4. The summed E-state index contributed by atoms with van der Waals surface area (Å²) in [6.07, 6.45) is 0.797. The van der Waals surface area contributed by atoms with Crippen LogP contribution < -0.4 is 0 Å². The Morgan fingerprint density at radius 1 is 1.45 bits per heavy atom. The minimum Gasteiger partial charge on any atom is -0.465 e. The van der Waals surface area contributed by atoms with Gasteiger partial charge in [0.2, 0.25) is 0 Å². The van der Waals surface area contributed by atoms with Crippen LogP contribution >= 0.6 is 0 Å². The minimum absolute atomic E-state index is 0.0880. The van der Waals surface area contributed by atoms with Crippen molar-refractivity contribution in [3.05, 3.63) is 0 Å². The van der Waals surface area contributed by atoms with E-state index in [0.717, 1.165) is 6.42 Å². The predicted molar refractivity (Wildman–Crippen MR) is 44.4 cm³/mol. The largest absolute Gasteiger partial charge is 0.465 e. The average molecular weight is 159 g/mol. The van der Waals surface area contributed by atoms with Crippen molar-refractivity contribution < 1.29 is 9.53 Å². The Kier molecular flexibility index (Phi) is 4.86. The van der Waals surface area contributed by atoms with Crippen LogP contribution in [0.4, 0.5) is 0 Å². The summed E-state index contributed by atoms with van der Waals surface area (Å²) in [5.41, 5.74) is 0. The maximum atomic E-state index is 11.2. The highest BCUT2D eigenvalue weighted by molar-refractivity contribution is 5.75. The maximum Gasteiger partial charge on any atom is 0.323 e. The Bertz CT molecular complexity index is 123. The van der Waals surface area contributed by atoms with Gasteiger partial charge in [0, 0.05) is 0 Å². The zero-order valence-corrected chi connectivity index (χ0v) is 7.76. The number of hydrogen-bond donors (Lipinski definition) is 0. The zero-order valence-electron chi connectivity index (χ0n) is 7.76. The second kappa shape index (κ2) is 5.13. The van der Waals surface area contributed by atoms with E-state index in [0.29, 0.717) is 6.61 Å². The third-order valence-corrected chi connectivity index (χ3v) is 1.57. The molecule has 0 unspecified atom stereocenters. The molecule has 0 saturated heterocycles. The van der Waals surface area contributed by atoms with E-state index in [1.54, 1.807) is 0 Å². The molecule has 0 aliphatic rings. The molecule has 0 amide bonds. The van der Waals surface area contributed by atoms with Crippen LogP contribution in [0.15, 0.2) is 0 Å². The number of nitrogens with zero attached hydrogens (tertiary/aromatic N) is 1. The van der Waals surface area contributed by atoms with Crippen molar-refractivity contribution in [2.75, 3.05) is 20.7 Å². The summed E-state index contributed by atoms with van der Waals surface area (Å²) in [5, 5.41) is 0. The molecule has 0 saturated carbocycles. The zero-order chi connectivity index (χ0) is 8.85. The van der Waals surface area contributed by atoms with E-state index < -0.39 is 0 Å². The van der Waals surface area contributed by atoms with Gasteiger partial charge in [-0.3, -0.25) is 9.69 Å². The van der Waals surface area contributed by atoms with Crippen LogP contribution in [0.5, 0.6) is 0 Å². The molecule has 0 N–H and O–H groups in total. The molecule has 0 bridgehead atoms. The van der Waals surface area contributed by atoms with Gasteiger partial charge in [-0.2, -0.15) is 0 Å². The molecule has 1 atom stereocenters. The van der Waals surface area contributed by atoms with Crippen LogP contribution in [0.1, 0.15) is 20.3 Å². The van der Waals surface area contributed by atoms with E-state index in [1.807, 2.05) is 32.8 Å². The van der Waals surface area contributed by atoms with Gasteiger partial charge < -0.3 is 4.74 Å². The quantitative estimate of drug-likeness (QED) is 0.570. The number of carbonyl (C=O) groups excluding carboxylic acids is 1. The summed E-state index contributed by atoms with van der Waals surface area (Å²) in [6, 6.07) is -0.0880. The summed E-state index contributed by atoms with van der Waals surface area (Å²) in [7, 11) is 3.76. The van der Waals surface area contributed by atoms with Crippen molar-refractivity contribution in [1.29, 1.82) is 0 Å². The van der Waals surface area contributed by atoms with Crippen molar-refractivity contribution in [2.24, 2.45) is 0 Å². The number of likely N-dealkylation sites (N-methyl/N-ethyl adjacent to an activating group) is 1. The van der Waals surface area contributed by atoms with Crippen molar-refractivity contribution in [3.8, 4) is 0 Å². The predicted octanol–water partition coefficient (Wildman–Crippen LogP) is 0.890. The molecule has 0 fully saturated rings. The normalized spacial score (nSPS) is 13.2. The summed E-state index contributed by atoms with van der Waals surface area (Å²) in [6.45, 7) is 4.26. The first-order valence-electron chi connectivity index (χ1n) is 3.96. The summed E-state index contributed by atoms with van der Waals surface area (Å²) >= 11 is 0. The molecule has 3 nitrogen and oxygen atoms in total. The fourth-order valence-electron chi connectivity index (χ4n) is 0.981. The lowest BCUT2D eigenvalue weighted by atomic mass is 10.2. The molecule has 0 aromatic rings. The molecular formula is C8H17NO2. The van der Waals surface area contributed by atoms with Crippen molar-refractivity contribution in [2.45, 2.75) is 26.3 Å². The summed E-state index contributed by atoms with van der Waals surface area (Å²) < 4.78 is 4.88. The standard InChI is InChI=1S/C8H17NO2/c1-5-7(9(3)4)8(10)11-6-2/h7H,5-6H2,1-4H3/t7-/m1/s1. The van der Waals surface area contributed by atoms with Crippen molar-refractivity contribution >= 4 is 5.97 Å². The fraction of sp³-hybridized carbons (Fsp3) is 0.875. The Morgan fingerprint density at radius 3 is 2.27 bits per heavy atom. The highest BCUT2D eigenvalue weighted by atomic mass is 16.5. The minimum atomic E-state index is -0.125. The van der Waals surface area contributed by atoms with E-state index in [-0.39, 0.29) is 12.0 Å². The lowest BCUT2D eigenvalue weighted by Crippen LogP contribution is -2.36. The second-order valence-corrected chi connectivity index (χ2v) is 2.64. The molecule has 0 aliphatic carbocycles. The highest BCUT2D eigenvalue weighted by Gasteiger charge is 2.18. The first-order chi connectivity index (χ1) is 5.13. The molecule has 0 heterocycles. The first-order valence-corrected chi connectivity index (χ1v) is 3.96. The lowest BCUT2D eigenvalue weighted by Gasteiger charge is -2.20. The average Bonchev–Trinajstić information content (AvgIpc) is 1.88. The SMILES string of the molecule is CCOC(=O)[C@@H](CC)N(C)C. The smallest absolute Gasteiger partial charge is 0.323 e. The van der Waals surface area contributed by atoms with Gasteiger partial charge in [-0.25, -0.2) is 0 Å². The maximum absolute atomic E-state index is 11.2. The van der Waals surface area contributed by atoms with Gasteiger partial charge in [0.05, 0.1) is 6.61 Å². The van der Waals surface area contributed by atoms with Crippen molar-refractivity contribution in [3.63, 3.8) is 0 Å². The molecular weight excluding hydrogens is 142 g/mol. The number of ether oxygens (including phenoxy) is 1. The van der Waals surface area contributed by atoms with Crippen LogP contribution in [-0.2, 0) is 9.53 Å². The van der Waals surface area contributed by atoms with E-state index in [1.165, 1.54) is 0 Å². The second-order valence-electron chi connectivity index (χ2n) is 2.64. The molecule has 0 spiro atoms. The highest BCUT2D eigenvalue weighted by Crippen LogP contribution is 2.00. The molecule has 0 aromatic heterocycles. The molecule has 0 aromatic carbocycles. The van der Waals surface area contributed by atoms with Gasteiger partial charge in [-0.05, 0) is 27.4 Å². The van der Waals surface area contributed by atoms with Crippen LogP contribution in [0.3, 0.4) is 0 Å². The van der Waals surface area contributed by atoms with Gasteiger partial charge in [0.25, 0.3) is 0 Å². The number of hydrogen-bond acceptors (Lipinski definition) is 3. The lowest BCUT2D eigenvalue weighted by molar-refractivity contribution is -0.148. The van der Waals surface area contributed by atoms with Gasteiger partial charge in [0.15, 0.2) is 0 Å². The molecule has 66 valence electrons. The Morgan fingerprint density at radius 2 is 2.00 bits per heavy atom. The molecule has 0 aliphatic heterocycles. The molecule has 0 rings (SSSR count). The van der Waals surface area contributed by atoms with E-state index in [9.17, 15) is 4.79 Å². The summed E-state index contributed by atoms with van der Waals surface area (Å²) in [5.74, 6) is -0.125. The fourth-order valence-corrected chi connectivity index (χ4v) is 0.981. The Hall–Kier alpha value is -0.570. The van der Waals surface area contributed by atoms with Gasteiger partial charge >= 0.3 is 5.97 Å². The molecule has 11 heavy (non-hydrogen) atoms. The third kappa shape index (κ3) is 3.37. The van der Waals surface area contributed by atoms with Gasteiger partial charge in [-0.15, -0.1) is 0 Å². The van der Waals surface area contributed by atoms with Crippen LogP contribution in [0.25, 0.3) is 0 Å². The number of esters is 1. The van der Waals surface area contributed by atoms with E-state index >= 15 is 0 Å². The van der Waals surface area contributed by atoms with Crippen LogP contribution in [-0.4, -0.2) is 37.6 Å². The van der Waals surface area contributed by atoms with Crippen LogP contribution in [0, 0.1) is 0 Å². The van der Waals surface area contributed by atoms with E-state index in [2.05, 4.69) is 0 Å².